The van der Waals surface area contributed by atoms with E-state index < -0.39 is 34.3 Å². The van der Waals surface area contributed by atoms with Crippen molar-refractivity contribution in [2.45, 2.75) is 13.0 Å². The minimum absolute atomic E-state index is 0.0906. The van der Waals surface area contributed by atoms with E-state index in [4.69, 9.17) is 21.1 Å². The van der Waals surface area contributed by atoms with Crippen LogP contribution >= 0.6 is 11.6 Å². The number of hydrogen-bond acceptors (Lipinski definition) is 5. The lowest BCUT2D eigenvalue weighted by atomic mass is 10.1. The van der Waals surface area contributed by atoms with Crippen LogP contribution in [0.4, 0.5) is 10.1 Å². The van der Waals surface area contributed by atoms with Gasteiger partial charge in [-0.3, -0.25) is 9.10 Å². The van der Waals surface area contributed by atoms with Crippen molar-refractivity contribution < 1.29 is 27.1 Å². The number of halogens is 2. The third-order valence-corrected chi connectivity index (χ3v) is 5.59. The molecule has 1 atom stereocenters. The van der Waals surface area contributed by atoms with Crippen LogP contribution in [0, 0.1) is 5.82 Å². The van der Waals surface area contributed by atoms with Crippen LogP contribution in [-0.2, 0) is 14.8 Å². The molecule has 2 rings (SSSR count). The Morgan fingerprint density at radius 2 is 1.83 bits per heavy atom. The fourth-order valence-corrected chi connectivity index (χ4v) is 3.69. The van der Waals surface area contributed by atoms with Gasteiger partial charge >= 0.3 is 0 Å². The Kier molecular flexibility index (Phi) is 7.32. The average molecular weight is 445 g/mol. The molecular formula is C19H22ClFN2O5S. The van der Waals surface area contributed by atoms with Crippen molar-refractivity contribution in [3.63, 3.8) is 0 Å². The molecule has 0 fully saturated rings. The number of ether oxygens (including phenoxy) is 2. The molecule has 0 spiro atoms. The molecule has 0 saturated heterocycles. The number of carbonyl (C=O) groups is 1. The van der Waals surface area contributed by atoms with E-state index in [2.05, 4.69) is 5.32 Å². The number of nitrogens with one attached hydrogen (secondary N) is 1. The first-order chi connectivity index (χ1) is 13.6. The van der Waals surface area contributed by atoms with E-state index >= 15 is 0 Å². The van der Waals surface area contributed by atoms with Gasteiger partial charge in [-0.25, -0.2) is 12.8 Å². The van der Waals surface area contributed by atoms with E-state index in [1.165, 1.54) is 20.3 Å². The molecule has 2 aromatic carbocycles. The van der Waals surface area contributed by atoms with Crippen molar-refractivity contribution in [1.29, 1.82) is 0 Å². The first-order valence-electron chi connectivity index (χ1n) is 8.51. The Hall–Kier alpha value is -2.52. The summed E-state index contributed by atoms with van der Waals surface area (Å²) >= 11 is 5.74. The molecule has 10 heteroatoms. The zero-order chi connectivity index (χ0) is 21.8. The highest BCUT2D eigenvalue weighted by Crippen LogP contribution is 2.30. The van der Waals surface area contributed by atoms with E-state index in [1.807, 2.05) is 0 Å². The summed E-state index contributed by atoms with van der Waals surface area (Å²) in [5.74, 6) is -0.176. The number of anilines is 1. The second kappa shape index (κ2) is 9.32. The van der Waals surface area contributed by atoms with Gasteiger partial charge in [-0.2, -0.15) is 0 Å². The lowest BCUT2D eigenvalue weighted by Crippen LogP contribution is -2.41. The summed E-state index contributed by atoms with van der Waals surface area (Å²) in [4.78, 5) is 12.5. The predicted octanol–water partition coefficient (Wildman–Crippen LogP) is 3.14. The van der Waals surface area contributed by atoms with Gasteiger partial charge in [0.05, 0.1) is 37.2 Å². The Morgan fingerprint density at radius 1 is 1.17 bits per heavy atom. The maximum Gasteiger partial charge on any atom is 0.241 e. The number of carbonyl (C=O) groups excluding carboxylic acids is 1. The Labute approximate surface area is 174 Å². The minimum atomic E-state index is -3.81. The smallest absolute Gasteiger partial charge is 0.241 e. The van der Waals surface area contributed by atoms with Crippen molar-refractivity contribution in [3.8, 4) is 11.5 Å². The number of rotatable bonds is 8. The summed E-state index contributed by atoms with van der Waals surface area (Å²) in [5.41, 5.74) is 0.833. The van der Waals surface area contributed by atoms with Gasteiger partial charge in [-0.1, -0.05) is 17.7 Å². The molecule has 0 aliphatic heterocycles. The molecule has 0 aliphatic rings. The number of sulfonamides is 1. The molecule has 0 aromatic heterocycles. The van der Waals surface area contributed by atoms with Crippen LogP contribution in [0.1, 0.15) is 18.5 Å². The molecule has 0 aliphatic carbocycles. The van der Waals surface area contributed by atoms with Crippen LogP contribution < -0.4 is 19.1 Å². The largest absolute Gasteiger partial charge is 0.493 e. The first kappa shape index (κ1) is 22.8. The summed E-state index contributed by atoms with van der Waals surface area (Å²) in [7, 11) is -0.787. The summed E-state index contributed by atoms with van der Waals surface area (Å²) in [5, 5.41) is 2.49. The fraction of sp³-hybridized carbons (Fsp3) is 0.316. The topological polar surface area (TPSA) is 84.9 Å². The molecule has 0 saturated carbocycles. The second-order valence-electron chi connectivity index (χ2n) is 6.27. The molecule has 1 amide bonds. The normalized spacial score (nSPS) is 12.2. The number of nitrogens with zero attached hydrogens (tertiary/aromatic N) is 1. The van der Waals surface area contributed by atoms with Gasteiger partial charge in [0.1, 0.15) is 12.4 Å². The highest BCUT2D eigenvalue weighted by molar-refractivity contribution is 7.92. The minimum Gasteiger partial charge on any atom is -0.493 e. The van der Waals surface area contributed by atoms with Crippen LogP contribution in [0.15, 0.2) is 36.4 Å². The zero-order valence-electron chi connectivity index (χ0n) is 16.4. The third kappa shape index (κ3) is 5.74. The van der Waals surface area contributed by atoms with Crippen LogP contribution in [0.5, 0.6) is 11.5 Å². The third-order valence-electron chi connectivity index (χ3n) is 4.16. The van der Waals surface area contributed by atoms with Gasteiger partial charge in [0.25, 0.3) is 0 Å². The van der Waals surface area contributed by atoms with Crippen LogP contribution in [0.25, 0.3) is 0 Å². The number of methoxy groups -OCH3 is 2. The standard InChI is InChI=1S/C19H22ClFN2O5S/c1-12(13-5-8-17(27-2)18(9-13)28-3)22-19(24)11-23(29(4,25)26)14-6-7-16(21)15(20)10-14/h5-10,12H,11H2,1-4H3,(H,22,24). The highest BCUT2D eigenvalue weighted by atomic mass is 35.5. The molecule has 7 nitrogen and oxygen atoms in total. The van der Waals surface area contributed by atoms with Crippen LogP contribution in [-0.4, -0.2) is 41.3 Å². The monoisotopic (exact) mass is 444 g/mol. The van der Waals surface area contributed by atoms with E-state index in [0.29, 0.717) is 11.5 Å². The zero-order valence-corrected chi connectivity index (χ0v) is 18.0. The van der Waals surface area contributed by atoms with Crippen molar-refractivity contribution in [3.05, 3.63) is 52.8 Å². The molecule has 1 N–H and O–H groups in total. The first-order valence-corrected chi connectivity index (χ1v) is 10.7. The van der Waals surface area contributed by atoms with Crippen LogP contribution in [0.2, 0.25) is 5.02 Å². The van der Waals surface area contributed by atoms with Gasteiger partial charge in [0.2, 0.25) is 15.9 Å². The lowest BCUT2D eigenvalue weighted by molar-refractivity contribution is -0.120. The van der Waals surface area contributed by atoms with Gasteiger partial charge in [-0.05, 0) is 42.8 Å². The molecule has 1 unspecified atom stereocenters. The SMILES string of the molecule is COc1ccc(C(C)NC(=O)CN(c2ccc(F)c(Cl)c2)S(C)(=O)=O)cc1OC. The molecule has 29 heavy (non-hydrogen) atoms. The quantitative estimate of drug-likeness (QED) is 0.676. The Balaban J connectivity index is 2.19. The molecule has 158 valence electrons. The van der Waals surface area contributed by atoms with E-state index in [9.17, 15) is 17.6 Å². The molecule has 0 bridgehead atoms. The number of amides is 1. The Bertz CT molecular complexity index is 1000. The second-order valence-corrected chi connectivity index (χ2v) is 8.59. The molecule has 0 radical (unpaired) electrons. The summed E-state index contributed by atoms with van der Waals surface area (Å²) in [6, 6.07) is 8.20. The van der Waals surface area contributed by atoms with Gasteiger partial charge in [-0.15, -0.1) is 0 Å². The van der Waals surface area contributed by atoms with Gasteiger partial charge < -0.3 is 14.8 Å². The maximum absolute atomic E-state index is 13.4. The predicted molar refractivity (Wildman–Crippen MR) is 110 cm³/mol. The molecule has 2 aromatic rings. The fourth-order valence-electron chi connectivity index (χ4n) is 2.66. The van der Waals surface area contributed by atoms with Crippen molar-refractivity contribution in [2.24, 2.45) is 0 Å². The summed E-state index contributed by atoms with van der Waals surface area (Å²) in [6.45, 7) is 1.26. The van der Waals surface area contributed by atoms with E-state index in [1.54, 1.807) is 25.1 Å². The number of hydrogen-bond donors (Lipinski definition) is 1. The van der Waals surface area contributed by atoms with Gasteiger partial charge in [0.15, 0.2) is 11.5 Å². The molecule has 0 heterocycles. The van der Waals surface area contributed by atoms with Crippen LogP contribution in [0.3, 0.4) is 0 Å². The van der Waals surface area contributed by atoms with Gasteiger partial charge in [0, 0.05) is 0 Å². The lowest BCUT2D eigenvalue weighted by Gasteiger charge is -2.23. The molecular weight excluding hydrogens is 423 g/mol. The summed E-state index contributed by atoms with van der Waals surface area (Å²) in [6.07, 6.45) is 0.954. The summed E-state index contributed by atoms with van der Waals surface area (Å²) < 4.78 is 49.0. The number of benzene rings is 2. The average Bonchev–Trinajstić information content (AvgIpc) is 2.66. The van der Waals surface area contributed by atoms with Crippen molar-refractivity contribution in [1.82, 2.24) is 5.32 Å². The highest BCUT2D eigenvalue weighted by Gasteiger charge is 2.23. The maximum atomic E-state index is 13.4. The van der Waals surface area contributed by atoms with Crippen molar-refractivity contribution in [2.75, 3.05) is 31.3 Å². The van der Waals surface area contributed by atoms with Crippen molar-refractivity contribution >= 4 is 33.2 Å². The van der Waals surface area contributed by atoms with E-state index in [0.717, 1.165) is 28.3 Å². The van der Waals surface area contributed by atoms with E-state index in [-0.39, 0.29) is 10.7 Å². The Morgan fingerprint density at radius 3 is 2.38 bits per heavy atom.